The Balaban J connectivity index is 2.23. The Bertz CT molecular complexity index is 481. The van der Waals surface area contributed by atoms with Crippen LogP contribution < -0.4 is 10.5 Å². The lowest BCUT2D eigenvalue weighted by molar-refractivity contribution is 0.517. The van der Waals surface area contributed by atoms with E-state index in [1.54, 1.807) is 12.1 Å². The Hall–Kier alpha value is -0.430. The van der Waals surface area contributed by atoms with E-state index in [0.29, 0.717) is 17.3 Å². The summed E-state index contributed by atoms with van der Waals surface area (Å²) in [7, 11) is -3.34. The minimum absolute atomic E-state index is 0.359. The Morgan fingerprint density at radius 3 is 2.50 bits per heavy atom. The highest BCUT2D eigenvalue weighted by Crippen LogP contribution is 2.20. The van der Waals surface area contributed by atoms with Gasteiger partial charge in [-0.15, -0.1) is 11.3 Å². The molecule has 0 spiro atoms. The first-order chi connectivity index (χ1) is 9.45. The third-order valence-corrected chi connectivity index (χ3v) is 6.16. The van der Waals surface area contributed by atoms with Crippen molar-refractivity contribution in [2.45, 2.75) is 56.7 Å². The van der Waals surface area contributed by atoms with Crippen LogP contribution >= 0.6 is 11.3 Å². The van der Waals surface area contributed by atoms with Gasteiger partial charge in [0.1, 0.15) is 4.21 Å². The van der Waals surface area contributed by atoms with Crippen LogP contribution in [0.2, 0.25) is 0 Å². The lowest BCUT2D eigenvalue weighted by Crippen LogP contribution is -2.23. The number of thiophene rings is 1. The summed E-state index contributed by atoms with van der Waals surface area (Å²) in [5, 5.41) is 0. The van der Waals surface area contributed by atoms with Crippen LogP contribution in [0.1, 0.15) is 50.8 Å². The third-order valence-electron chi connectivity index (χ3n) is 3.10. The lowest BCUT2D eigenvalue weighted by Gasteiger charge is -2.06. The maximum atomic E-state index is 12.0. The van der Waals surface area contributed by atoms with Gasteiger partial charge in [0.05, 0.1) is 0 Å². The maximum absolute atomic E-state index is 12.0. The molecule has 0 aliphatic rings. The predicted molar refractivity (Wildman–Crippen MR) is 85.3 cm³/mol. The second-order valence-corrected chi connectivity index (χ2v) is 8.58. The van der Waals surface area contributed by atoms with E-state index in [1.165, 1.54) is 30.6 Å². The van der Waals surface area contributed by atoms with Gasteiger partial charge in [-0.3, -0.25) is 0 Å². The van der Waals surface area contributed by atoms with Crippen molar-refractivity contribution in [2.24, 2.45) is 11.7 Å². The van der Waals surface area contributed by atoms with Crippen LogP contribution in [0.15, 0.2) is 16.3 Å². The van der Waals surface area contributed by atoms with Crippen LogP contribution in [-0.4, -0.2) is 15.0 Å². The molecule has 0 aliphatic carbocycles. The first kappa shape index (κ1) is 17.6. The van der Waals surface area contributed by atoms with Gasteiger partial charge in [-0.05, 0) is 24.5 Å². The normalized spacial score (nSPS) is 12.2. The summed E-state index contributed by atoms with van der Waals surface area (Å²) in [5.41, 5.74) is 5.49. The fourth-order valence-electron chi connectivity index (χ4n) is 1.92. The number of hydrogen-bond acceptors (Lipinski definition) is 4. The van der Waals surface area contributed by atoms with Crippen molar-refractivity contribution in [3.05, 3.63) is 17.0 Å². The highest BCUT2D eigenvalue weighted by atomic mass is 32.2. The zero-order valence-corrected chi connectivity index (χ0v) is 14.0. The van der Waals surface area contributed by atoms with Crippen molar-refractivity contribution in [1.29, 1.82) is 0 Å². The summed E-state index contributed by atoms with van der Waals surface area (Å²) >= 11 is 1.24. The fraction of sp³-hybridized carbons (Fsp3) is 0.714. The van der Waals surface area contributed by atoms with Crippen LogP contribution in [0, 0.1) is 5.92 Å². The number of sulfonamides is 1. The summed E-state index contributed by atoms with van der Waals surface area (Å²) in [5.74, 6) is 0.754. The lowest BCUT2D eigenvalue weighted by atomic mass is 10.0. The van der Waals surface area contributed by atoms with Gasteiger partial charge in [0.2, 0.25) is 10.0 Å². The molecule has 0 radical (unpaired) electrons. The molecular weight excluding hydrogens is 292 g/mol. The molecule has 0 saturated carbocycles. The van der Waals surface area contributed by atoms with Gasteiger partial charge in [-0.1, -0.05) is 39.5 Å². The van der Waals surface area contributed by atoms with Gasteiger partial charge in [0.25, 0.3) is 0 Å². The van der Waals surface area contributed by atoms with Crippen LogP contribution in [0.4, 0.5) is 0 Å². The number of hydrogen-bond donors (Lipinski definition) is 2. The third kappa shape index (κ3) is 6.35. The zero-order valence-electron chi connectivity index (χ0n) is 12.4. The van der Waals surface area contributed by atoms with Crippen LogP contribution in [0.25, 0.3) is 0 Å². The summed E-state index contributed by atoms with van der Waals surface area (Å²) < 4.78 is 27.0. The molecule has 0 fully saturated rings. The van der Waals surface area contributed by atoms with Crippen molar-refractivity contribution < 1.29 is 8.42 Å². The minimum Gasteiger partial charge on any atom is -0.326 e. The van der Waals surface area contributed by atoms with Gasteiger partial charge < -0.3 is 5.73 Å². The van der Waals surface area contributed by atoms with Crippen molar-refractivity contribution in [1.82, 2.24) is 4.72 Å². The van der Waals surface area contributed by atoms with Crippen molar-refractivity contribution in [3.8, 4) is 0 Å². The number of nitrogens with two attached hydrogens (primary N) is 1. The molecular formula is C14H26N2O2S2. The molecule has 116 valence electrons. The summed E-state index contributed by atoms with van der Waals surface area (Å²) in [6, 6.07) is 3.39. The van der Waals surface area contributed by atoms with Crippen molar-refractivity contribution in [3.63, 3.8) is 0 Å². The highest BCUT2D eigenvalue weighted by molar-refractivity contribution is 7.91. The monoisotopic (exact) mass is 318 g/mol. The molecule has 1 rings (SSSR count). The van der Waals surface area contributed by atoms with Crippen molar-refractivity contribution >= 4 is 21.4 Å². The van der Waals surface area contributed by atoms with Gasteiger partial charge in [0, 0.05) is 18.0 Å². The van der Waals surface area contributed by atoms with Gasteiger partial charge in [-0.2, -0.15) is 0 Å². The molecule has 3 N–H and O–H groups in total. The van der Waals surface area contributed by atoms with E-state index in [4.69, 9.17) is 5.73 Å². The SMILES string of the molecule is CC(C)CCCCCCNS(=O)(=O)c1ccc(CN)s1. The summed E-state index contributed by atoms with van der Waals surface area (Å²) in [6.07, 6.45) is 5.63. The van der Waals surface area contributed by atoms with E-state index in [0.717, 1.165) is 23.6 Å². The van der Waals surface area contributed by atoms with E-state index in [2.05, 4.69) is 18.6 Å². The van der Waals surface area contributed by atoms with Crippen LogP contribution in [0.5, 0.6) is 0 Å². The topological polar surface area (TPSA) is 72.2 Å². The first-order valence-electron chi connectivity index (χ1n) is 7.24. The first-order valence-corrected chi connectivity index (χ1v) is 9.54. The molecule has 4 nitrogen and oxygen atoms in total. The average Bonchev–Trinajstić information content (AvgIpc) is 2.86. The molecule has 0 amide bonds. The van der Waals surface area contributed by atoms with E-state index >= 15 is 0 Å². The fourth-order valence-corrected chi connectivity index (χ4v) is 4.27. The Morgan fingerprint density at radius 1 is 1.20 bits per heavy atom. The molecule has 1 aromatic rings. The number of unbranched alkanes of at least 4 members (excludes halogenated alkanes) is 3. The summed E-state index contributed by atoms with van der Waals surface area (Å²) in [4.78, 5) is 0.888. The van der Waals surface area contributed by atoms with Crippen molar-refractivity contribution in [2.75, 3.05) is 6.54 Å². The molecule has 0 unspecified atom stereocenters. The second-order valence-electron chi connectivity index (χ2n) is 5.42. The van der Waals surface area contributed by atoms with Crippen LogP contribution in [0.3, 0.4) is 0 Å². The second kappa shape index (κ2) is 8.77. The minimum atomic E-state index is -3.34. The Kier molecular flexibility index (Phi) is 7.72. The van der Waals surface area contributed by atoms with Gasteiger partial charge in [-0.25, -0.2) is 13.1 Å². The Morgan fingerprint density at radius 2 is 1.90 bits per heavy atom. The molecule has 0 saturated heterocycles. The van der Waals surface area contributed by atoms with E-state index in [-0.39, 0.29) is 0 Å². The highest BCUT2D eigenvalue weighted by Gasteiger charge is 2.15. The number of rotatable bonds is 10. The van der Waals surface area contributed by atoms with E-state index in [9.17, 15) is 8.42 Å². The van der Waals surface area contributed by atoms with Gasteiger partial charge >= 0.3 is 0 Å². The Labute approximate surface area is 126 Å². The molecule has 0 bridgehead atoms. The molecule has 1 aromatic heterocycles. The molecule has 0 atom stereocenters. The van der Waals surface area contributed by atoms with Crippen LogP contribution in [-0.2, 0) is 16.6 Å². The standard InChI is InChI=1S/C14H26N2O2S2/c1-12(2)7-5-3-4-6-10-16-20(17,18)14-9-8-13(11-15)19-14/h8-9,12,16H,3-7,10-11,15H2,1-2H3. The quantitative estimate of drug-likeness (QED) is 0.651. The average molecular weight is 319 g/mol. The molecule has 20 heavy (non-hydrogen) atoms. The van der Waals surface area contributed by atoms with Gasteiger partial charge in [0.15, 0.2) is 0 Å². The number of nitrogens with one attached hydrogen (secondary N) is 1. The molecule has 1 heterocycles. The van der Waals surface area contributed by atoms with E-state index in [1.807, 2.05) is 0 Å². The largest absolute Gasteiger partial charge is 0.326 e. The smallest absolute Gasteiger partial charge is 0.250 e. The predicted octanol–water partition coefficient (Wildman–Crippen LogP) is 3.09. The molecule has 0 aromatic carbocycles. The zero-order chi connectivity index (χ0) is 15.0. The van der Waals surface area contributed by atoms with E-state index < -0.39 is 10.0 Å². The summed E-state index contributed by atoms with van der Waals surface area (Å²) in [6.45, 7) is 5.35. The molecule has 6 heteroatoms. The molecule has 0 aliphatic heterocycles. The maximum Gasteiger partial charge on any atom is 0.250 e.